The third-order valence-corrected chi connectivity index (χ3v) is 4.63. The fraction of sp³-hybridized carbons (Fsp3) is 0.143. The van der Waals surface area contributed by atoms with Crippen molar-refractivity contribution >= 4 is 28.4 Å². The molecule has 4 aromatic rings. The van der Waals surface area contributed by atoms with E-state index >= 15 is 0 Å². The number of pyridine rings is 2. The number of rotatable bonds is 4. The van der Waals surface area contributed by atoms with E-state index in [4.69, 9.17) is 5.73 Å². The molecule has 0 aliphatic carbocycles. The Hall–Kier alpha value is -3.74. The summed E-state index contributed by atoms with van der Waals surface area (Å²) in [7, 11) is 0. The number of amides is 1. The molecule has 0 unspecified atom stereocenters. The molecular formula is C21H20N5O2+. The number of carbonyl (C=O) groups excluding carboxylic acids is 1. The lowest BCUT2D eigenvalue weighted by Crippen LogP contribution is -2.43. The van der Waals surface area contributed by atoms with Gasteiger partial charge in [0.15, 0.2) is 0 Å². The van der Waals surface area contributed by atoms with Crippen molar-refractivity contribution in [1.82, 2.24) is 14.7 Å². The highest BCUT2D eigenvalue weighted by molar-refractivity contribution is 6.00. The maximum Gasteiger partial charge on any atom is 0.278 e. The van der Waals surface area contributed by atoms with Crippen LogP contribution in [-0.2, 0) is 6.54 Å². The molecule has 0 saturated heterocycles. The number of benzene rings is 1. The molecule has 0 aliphatic heterocycles. The summed E-state index contributed by atoms with van der Waals surface area (Å²) in [5.41, 5.74) is 8.36. The van der Waals surface area contributed by atoms with Crippen molar-refractivity contribution in [3.8, 4) is 0 Å². The summed E-state index contributed by atoms with van der Waals surface area (Å²) in [5, 5.41) is 3.10. The normalized spacial score (nSPS) is 11.0. The fourth-order valence-corrected chi connectivity index (χ4v) is 3.26. The van der Waals surface area contributed by atoms with E-state index in [1.165, 1.54) is 10.5 Å². The lowest BCUT2D eigenvalue weighted by atomic mass is 10.1. The Kier molecular flexibility index (Phi) is 4.49. The minimum atomic E-state index is -0.318. The van der Waals surface area contributed by atoms with E-state index in [2.05, 4.69) is 10.3 Å². The van der Waals surface area contributed by atoms with Gasteiger partial charge in [-0.1, -0.05) is 41.4 Å². The molecule has 3 heterocycles. The average molecular weight is 374 g/mol. The molecule has 0 bridgehead atoms. The van der Waals surface area contributed by atoms with Crippen LogP contribution in [0.25, 0.3) is 16.7 Å². The molecule has 0 radical (unpaired) electrons. The van der Waals surface area contributed by atoms with E-state index in [0.29, 0.717) is 29.8 Å². The van der Waals surface area contributed by atoms with Gasteiger partial charge in [0.25, 0.3) is 17.1 Å². The van der Waals surface area contributed by atoms with Gasteiger partial charge in [0.2, 0.25) is 11.5 Å². The second-order valence-corrected chi connectivity index (χ2v) is 6.46. The Balaban J connectivity index is 2.06. The number of anilines is 1. The quantitative estimate of drug-likeness (QED) is 0.418. The van der Waals surface area contributed by atoms with Crippen LogP contribution in [0.3, 0.4) is 0 Å². The Labute approximate surface area is 161 Å². The summed E-state index contributed by atoms with van der Waals surface area (Å²) in [4.78, 5) is 30.3. The van der Waals surface area contributed by atoms with Gasteiger partial charge < -0.3 is 11.1 Å². The predicted octanol–water partition coefficient (Wildman–Crippen LogP) is 1.52. The summed E-state index contributed by atoms with van der Waals surface area (Å²) in [5.74, 6) is -0.0456. The summed E-state index contributed by atoms with van der Waals surface area (Å²) < 4.78 is 3.19. The van der Waals surface area contributed by atoms with Crippen molar-refractivity contribution in [3.63, 3.8) is 0 Å². The first-order valence-corrected chi connectivity index (χ1v) is 9.05. The number of carbonyl (C=O) groups is 1. The van der Waals surface area contributed by atoms with Crippen LogP contribution in [0.1, 0.15) is 22.8 Å². The Bertz CT molecular complexity index is 1250. The van der Waals surface area contributed by atoms with Gasteiger partial charge >= 0.3 is 0 Å². The van der Waals surface area contributed by atoms with Gasteiger partial charge in [-0.2, -0.15) is 0 Å². The Morgan fingerprint density at radius 3 is 2.68 bits per heavy atom. The summed E-state index contributed by atoms with van der Waals surface area (Å²) >= 11 is 0. The molecule has 3 aromatic heterocycles. The van der Waals surface area contributed by atoms with E-state index in [-0.39, 0.29) is 22.8 Å². The highest BCUT2D eigenvalue weighted by Crippen LogP contribution is 2.15. The molecule has 0 saturated carbocycles. The van der Waals surface area contributed by atoms with Gasteiger partial charge in [0.1, 0.15) is 10.9 Å². The number of nitrogens with zero attached hydrogens (tertiary/aromatic N) is 3. The maximum absolute atomic E-state index is 13.1. The van der Waals surface area contributed by atoms with Crippen molar-refractivity contribution < 1.29 is 9.36 Å². The molecule has 1 aromatic carbocycles. The first-order chi connectivity index (χ1) is 13.6. The smallest absolute Gasteiger partial charge is 0.278 e. The van der Waals surface area contributed by atoms with Crippen LogP contribution >= 0.6 is 0 Å². The standard InChI is InChI=1S/C21H19N5O2/c1-2-23-20(27)15-12-16-19(24-17-10-6-7-11-25(17)21(16)28)26(18(15)22)13-14-8-4-3-5-9-14/h3-12,22H,2,13H2,1H3,(H,23,27)/p+1. The molecule has 1 amide bonds. The van der Waals surface area contributed by atoms with Crippen molar-refractivity contribution in [3.05, 3.63) is 82.3 Å². The summed E-state index contributed by atoms with van der Waals surface area (Å²) in [6.07, 6.45) is 1.66. The second-order valence-electron chi connectivity index (χ2n) is 6.46. The zero-order chi connectivity index (χ0) is 19.7. The third-order valence-electron chi connectivity index (χ3n) is 4.63. The van der Waals surface area contributed by atoms with Crippen molar-refractivity contribution in [2.24, 2.45) is 0 Å². The zero-order valence-corrected chi connectivity index (χ0v) is 15.4. The molecule has 0 aliphatic rings. The van der Waals surface area contributed by atoms with Gasteiger partial charge in [-0.15, -0.1) is 0 Å². The fourth-order valence-electron chi connectivity index (χ4n) is 3.26. The van der Waals surface area contributed by atoms with Crippen molar-refractivity contribution in [2.45, 2.75) is 13.5 Å². The minimum absolute atomic E-state index is 0.243. The van der Waals surface area contributed by atoms with Crippen LogP contribution in [-0.4, -0.2) is 21.8 Å². The molecule has 28 heavy (non-hydrogen) atoms. The van der Waals surface area contributed by atoms with Crippen molar-refractivity contribution in [2.75, 3.05) is 12.3 Å². The lowest BCUT2D eigenvalue weighted by molar-refractivity contribution is -0.649. The molecule has 0 fully saturated rings. The Morgan fingerprint density at radius 2 is 1.93 bits per heavy atom. The third kappa shape index (κ3) is 2.96. The van der Waals surface area contributed by atoms with Gasteiger partial charge in [-0.05, 0) is 30.7 Å². The minimum Gasteiger partial charge on any atom is -0.352 e. The number of fused-ring (bicyclic) bond motifs is 2. The molecular weight excluding hydrogens is 354 g/mol. The predicted molar refractivity (Wildman–Crippen MR) is 107 cm³/mol. The monoisotopic (exact) mass is 374 g/mol. The van der Waals surface area contributed by atoms with Crippen LogP contribution < -0.4 is 21.2 Å². The Morgan fingerprint density at radius 1 is 1.18 bits per heavy atom. The number of hydrogen-bond acceptors (Lipinski definition) is 4. The first-order valence-electron chi connectivity index (χ1n) is 9.05. The topological polar surface area (TPSA) is 93.4 Å². The molecule has 7 heteroatoms. The molecule has 0 atom stereocenters. The van der Waals surface area contributed by atoms with E-state index in [0.717, 1.165) is 5.56 Å². The molecule has 0 spiro atoms. The van der Waals surface area contributed by atoms with Gasteiger partial charge in [0, 0.05) is 12.7 Å². The van der Waals surface area contributed by atoms with Crippen LogP contribution in [0, 0.1) is 0 Å². The van der Waals surface area contributed by atoms with Gasteiger partial charge in [-0.25, -0.2) is 4.57 Å². The number of hydrogen-bond donors (Lipinski definition) is 2. The van der Waals surface area contributed by atoms with E-state index in [1.807, 2.05) is 43.3 Å². The number of nitrogens with one attached hydrogen (secondary N) is 1. The van der Waals surface area contributed by atoms with Crippen LogP contribution in [0.15, 0.2) is 65.6 Å². The average Bonchev–Trinajstić information content (AvgIpc) is 2.71. The van der Waals surface area contributed by atoms with E-state index in [1.54, 1.807) is 22.9 Å². The highest BCUT2D eigenvalue weighted by Gasteiger charge is 2.24. The second kappa shape index (κ2) is 7.11. The molecule has 4 rings (SSSR count). The lowest BCUT2D eigenvalue weighted by Gasteiger charge is -2.12. The van der Waals surface area contributed by atoms with Gasteiger partial charge in [-0.3, -0.25) is 14.0 Å². The number of nitrogen functional groups attached to an aromatic ring is 1. The van der Waals surface area contributed by atoms with Crippen LogP contribution in [0.5, 0.6) is 0 Å². The van der Waals surface area contributed by atoms with E-state index < -0.39 is 0 Å². The molecule has 140 valence electrons. The van der Waals surface area contributed by atoms with Crippen LogP contribution in [0.4, 0.5) is 5.82 Å². The molecule has 3 N–H and O–H groups in total. The molecule has 7 nitrogen and oxygen atoms in total. The van der Waals surface area contributed by atoms with Crippen LogP contribution in [0.2, 0.25) is 0 Å². The van der Waals surface area contributed by atoms with E-state index in [9.17, 15) is 9.59 Å². The first kappa shape index (κ1) is 17.7. The number of aromatic nitrogens is 3. The SMILES string of the molecule is CCNC(=O)c1cc2c(=O)n3ccccc3nc2[n+](Cc2ccccc2)c1N. The number of nitrogens with two attached hydrogens (primary N) is 1. The summed E-state index contributed by atoms with van der Waals surface area (Å²) in [6, 6.07) is 16.6. The largest absolute Gasteiger partial charge is 0.352 e. The maximum atomic E-state index is 13.1. The summed E-state index contributed by atoms with van der Waals surface area (Å²) in [6.45, 7) is 2.69. The highest BCUT2D eigenvalue weighted by atomic mass is 16.1. The van der Waals surface area contributed by atoms with Crippen molar-refractivity contribution in [1.29, 1.82) is 0 Å². The van der Waals surface area contributed by atoms with Gasteiger partial charge in [0.05, 0.1) is 6.54 Å². The zero-order valence-electron chi connectivity index (χ0n) is 15.4.